The maximum Gasteiger partial charge on any atom is 0.306 e. The second-order valence-corrected chi connectivity index (χ2v) is 16.2. The van der Waals surface area contributed by atoms with Gasteiger partial charge in [-0.25, -0.2) is 0 Å². The molecule has 0 spiro atoms. The Hall–Kier alpha value is -1.59. The molecule has 0 bridgehead atoms. The summed E-state index contributed by atoms with van der Waals surface area (Å²) in [6.07, 6.45) is 40.2. The Labute approximate surface area is 349 Å². The van der Waals surface area contributed by atoms with Crippen LogP contribution in [-0.2, 0) is 23.7 Å². The molecule has 1 aliphatic heterocycles. The van der Waals surface area contributed by atoms with E-state index in [1.165, 1.54) is 122 Å². The quantitative estimate of drug-likeness (QED) is 0.0271. The van der Waals surface area contributed by atoms with Crippen molar-refractivity contribution in [3.63, 3.8) is 0 Å². The van der Waals surface area contributed by atoms with Gasteiger partial charge >= 0.3 is 5.97 Å². The largest absolute Gasteiger partial charge is 0.457 e. The van der Waals surface area contributed by atoms with E-state index >= 15 is 0 Å². The van der Waals surface area contributed by atoms with Crippen molar-refractivity contribution in [2.75, 3.05) is 26.4 Å². The Balaban J connectivity index is 2.25. The van der Waals surface area contributed by atoms with Crippen molar-refractivity contribution in [1.29, 1.82) is 0 Å². The summed E-state index contributed by atoms with van der Waals surface area (Å²) in [5, 5.41) is 40.1. The fourth-order valence-corrected chi connectivity index (χ4v) is 7.05. The van der Waals surface area contributed by atoms with Crippen molar-refractivity contribution in [2.45, 2.75) is 237 Å². The Morgan fingerprint density at radius 2 is 1.02 bits per heavy atom. The molecule has 57 heavy (non-hydrogen) atoms. The molecule has 1 heterocycles. The fraction of sp³-hybridized carbons (Fsp3) is 0.854. The summed E-state index contributed by atoms with van der Waals surface area (Å²) in [7, 11) is 0. The molecule has 334 valence electrons. The summed E-state index contributed by atoms with van der Waals surface area (Å²) in [6, 6.07) is 0. The van der Waals surface area contributed by atoms with Crippen LogP contribution in [0.4, 0.5) is 0 Å². The predicted molar refractivity (Wildman–Crippen MR) is 233 cm³/mol. The average molecular weight is 809 g/mol. The van der Waals surface area contributed by atoms with Crippen molar-refractivity contribution in [1.82, 2.24) is 0 Å². The van der Waals surface area contributed by atoms with Crippen LogP contribution in [0.3, 0.4) is 0 Å². The average Bonchev–Trinajstić information content (AvgIpc) is 3.21. The van der Waals surface area contributed by atoms with Crippen molar-refractivity contribution >= 4 is 5.97 Å². The molecular weight excluding hydrogens is 721 g/mol. The maximum atomic E-state index is 12.8. The third-order valence-electron chi connectivity index (χ3n) is 10.8. The van der Waals surface area contributed by atoms with Crippen LogP contribution in [0, 0.1) is 0 Å². The van der Waals surface area contributed by atoms with Gasteiger partial charge in [0, 0.05) is 13.0 Å². The van der Waals surface area contributed by atoms with E-state index in [0.717, 1.165) is 57.8 Å². The predicted octanol–water partition coefficient (Wildman–Crippen LogP) is 10.8. The van der Waals surface area contributed by atoms with E-state index in [1.807, 2.05) is 0 Å². The Bertz CT molecular complexity index is 968. The van der Waals surface area contributed by atoms with Gasteiger partial charge in [-0.1, -0.05) is 159 Å². The normalized spacial score (nSPS) is 20.7. The minimum Gasteiger partial charge on any atom is -0.457 e. The number of hydrogen-bond acceptors (Lipinski definition) is 9. The number of hydrogen-bond donors (Lipinski definition) is 4. The smallest absolute Gasteiger partial charge is 0.306 e. The molecule has 0 aliphatic carbocycles. The zero-order valence-electron chi connectivity index (χ0n) is 36.6. The van der Waals surface area contributed by atoms with Crippen LogP contribution in [0.1, 0.15) is 200 Å². The first-order valence-corrected chi connectivity index (χ1v) is 23.6. The van der Waals surface area contributed by atoms with Gasteiger partial charge in [0.1, 0.15) is 30.5 Å². The van der Waals surface area contributed by atoms with Crippen molar-refractivity contribution in [3.8, 4) is 0 Å². The van der Waals surface area contributed by atoms with Gasteiger partial charge in [-0.05, 0) is 70.6 Å². The Kier molecular flexibility index (Phi) is 37.4. The first-order chi connectivity index (χ1) is 27.9. The second kappa shape index (κ2) is 39.8. The molecule has 0 radical (unpaired) electrons. The molecule has 0 saturated carbocycles. The van der Waals surface area contributed by atoms with Crippen LogP contribution in [0.25, 0.3) is 0 Å². The van der Waals surface area contributed by atoms with E-state index in [1.54, 1.807) is 0 Å². The lowest BCUT2D eigenvalue weighted by atomic mass is 9.99. The molecule has 4 N–H and O–H groups in total. The van der Waals surface area contributed by atoms with Gasteiger partial charge in [-0.15, -0.1) is 0 Å². The van der Waals surface area contributed by atoms with Crippen LogP contribution < -0.4 is 0 Å². The monoisotopic (exact) mass is 809 g/mol. The highest BCUT2D eigenvalue weighted by Gasteiger charge is 2.44. The molecule has 6 atom stereocenters. The van der Waals surface area contributed by atoms with E-state index in [0.29, 0.717) is 13.0 Å². The molecule has 1 aliphatic rings. The summed E-state index contributed by atoms with van der Waals surface area (Å²) in [4.78, 5) is 12.8. The first-order valence-electron chi connectivity index (χ1n) is 23.6. The summed E-state index contributed by atoms with van der Waals surface area (Å²) in [6.45, 7) is 4.52. The number of unbranched alkanes of at least 4 members (excludes halogenated alkanes) is 23. The Morgan fingerprint density at radius 1 is 0.561 bits per heavy atom. The lowest BCUT2D eigenvalue weighted by Gasteiger charge is -2.39. The number of allylic oxidation sites excluding steroid dienone is 6. The van der Waals surface area contributed by atoms with Crippen LogP contribution >= 0.6 is 0 Å². The minimum atomic E-state index is -1.54. The SMILES string of the molecule is CCCCC/C=C\C/C=C\CCCCCCCC(=O)OC(COCCCCCCCCCC/C=C\CCCCCCCCC)COC1OC(CO)C(O)C(O)C1O. The van der Waals surface area contributed by atoms with Gasteiger partial charge in [0.2, 0.25) is 0 Å². The number of aliphatic hydroxyl groups is 4. The zero-order chi connectivity index (χ0) is 41.4. The van der Waals surface area contributed by atoms with E-state index in [4.69, 9.17) is 18.9 Å². The first kappa shape index (κ1) is 53.4. The molecule has 1 saturated heterocycles. The van der Waals surface area contributed by atoms with Gasteiger partial charge in [0.25, 0.3) is 0 Å². The van der Waals surface area contributed by atoms with E-state index in [9.17, 15) is 25.2 Å². The number of ether oxygens (including phenoxy) is 4. The number of rotatable bonds is 40. The third kappa shape index (κ3) is 31.0. The molecule has 0 amide bonds. The van der Waals surface area contributed by atoms with Gasteiger partial charge in [0.15, 0.2) is 6.29 Å². The molecule has 0 aromatic carbocycles. The third-order valence-corrected chi connectivity index (χ3v) is 10.8. The van der Waals surface area contributed by atoms with Gasteiger partial charge in [0.05, 0.1) is 19.8 Å². The summed E-state index contributed by atoms with van der Waals surface area (Å²) in [5.74, 6) is -0.328. The number of aliphatic hydroxyl groups excluding tert-OH is 4. The summed E-state index contributed by atoms with van der Waals surface area (Å²) in [5.41, 5.74) is 0. The number of carbonyl (C=O) groups excluding carboxylic acids is 1. The van der Waals surface area contributed by atoms with Crippen molar-refractivity contribution < 1.29 is 44.2 Å². The highest BCUT2D eigenvalue weighted by molar-refractivity contribution is 5.69. The van der Waals surface area contributed by atoms with Gasteiger partial charge < -0.3 is 39.4 Å². The van der Waals surface area contributed by atoms with E-state index in [-0.39, 0.29) is 19.2 Å². The van der Waals surface area contributed by atoms with Crippen molar-refractivity contribution in [3.05, 3.63) is 36.5 Å². The molecule has 6 unspecified atom stereocenters. The molecule has 1 fully saturated rings. The number of carbonyl (C=O) groups is 1. The molecule has 0 aromatic rings. The molecule has 0 aromatic heterocycles. The maximum absolute atomic E-state index is 12.8. The van der Waals surface area contributed by atoms with Crippen LogP contribution in [0.2, 0.25) is 0 Å². The number of esters is 1. The second-order valence-electron chi connectivity index (χ2n) is 16.2. The molecule has 9 heteroatoms. The van der Waals surface area contributed by atoms with Crippen LogP contribution in [0.5, 0.6) is 0 Å². The molecule has 1 rings (SSSR count). The summed E-state index contributed by atoms with van der Waals surface area (Å²) < 4.78 is 22.8. The van der Waals surface area contributed by atoms with Crippen molar-refractivity contribution in [2.24, 2.45) is 0 Å². The minimum absolute atomic E-state index is 0.119. The summed E-state index contributed by atoms with van der Waals surface area (Å²) >= 11 is 0. The van der Waals surface area contributed by atoms with E-state index < -0.39 is 43.4 Å². The van der Waals surface area contributed by atoms with E-state index in [2.05, 4.69) is 50.3 Å². The highest BCUT2D eigenvalue weighted by Crippen LogP contribution is 2.22. The van der Waals surface area contributed by atoms with Gasteiger partial charge in [-0.3, -0.25) is 4.79 Å². The van der Waals surface area contributed by atoms with Gasteiger partial charge in [-0.2, -0.15) is 0 Å². The fourth-order valence-electron chi connectivity index (χ4n) is 7.05. The lowest BCUT2D eigenvalue weighted by molar-refractivity contribution is -0.305. The lowest BCUT2D eigenvalue weighted by Crippen LogP contribution is -2.59. The Morgan fingerprint density at radius 3 is 1.56 bits per heavy atom. The highest BCUT2D eigenvalue weighted by atomic mass is 16.7. The standard InChI is InChI=1S/C48H88O9/c1-3-5-7-9-11-13-15-17-19-20-21-22-24-26-28-30-32-34-36-38-54-40-42(41-55-48-47(53)46(52)45(51)43(39-49)57-48)56-44(50)37-35-33-31-29-27-25-23-18-16-14-12-10-8-6-4-2/h12,14,18-20,23,42-43,45-49,51-53H,3-11,13,15-17,21-22,24-41H2,1-2H3/b14-12-,20-19-,23-18-. The van der Waals surface area contributed by atoms with Crippen LogP contribution in [0.15, 0.2) is 36.5 Å². The molecular formula is C48H88O9. The molecule has 9 nitrogen and oxygen atoms in total. The zero-order valence-corrected chi connectivity index (χ0v) is 36.6. The van der Waals surface area contributed by atoms with Crippen LogP contribution in [-0.4, -0.2) is 89.6 Å². The topological polar surface area (TPSA) is 135 Å².